The lowest BCUT2D eigenvalue weighted by Gasteiger charge is -2.08. The van der Waals surface area contributed by atoms with Gasteiger partial charge >= 0.3 is 0 Å². The lowest BCUT2D eigenvalue weighted by atomic mass is 10.1. The second-order valence-electron chi connectivity index (χ2n) is 4.55. The van der Waals surface area contributed by atoms with Crippen LogP contribution in [0.2, 0.25) is 5.02 Å². The smallest absolute Gasteiger partial charge is 0.137 e. The monoisotopic (exact) mass is 291 g/mol. The van der Waals surface area contributed by atoms with E-state index < -0.39 is 0 Å². The highest BCUT2D eigenvalue weighted by Crippen LogP contribution is 2.24. The molecule has 2 N–H and O–H groups in total. The summed E-state index contributed by atoms with van der Waals surface area (Å²) in [6, 6.07) is 13.7. The number of nitrogens with one attached hydrogen (secondary N) is 1. The zero-order valence-electron chi connectivity index (χ0n) is 11.4. The molecule has 2 aromatic rings. The number of hydrogen-bond donors (Lipinski definition) is 2. The van der Waals surface area contributed by atoms with Crippen LogP contribution in [0.15, 0.2) is 42.5 Å². The molecule has 20 heavy (non-hydrogen) atoms. The van der Waals surface area contributed by atoms with Crippen LogP contribution in [0.1, 0.15) is 16.7 Å². The van der Waals surface area contributed by atoms with Crippen LogP contribution in [0.5, 0.6) is 5.75 Å². The van der Waals surface area contributed by atoms with Gasteiger partial charge in [-0.15, -0.1) is 0 Å². The molecule has 106 valence electrons. The van der Waals surface area contributed by atoms with Gasteiger partial charge in [-0.1, -0.05) is 41.9 Å². The van der Waals surface area contributed by atoms with Crippen LogP contribution in [0, 0.1) is 0 Å². The number of aliphatic hydroxyl groups is 1. The molecule has 0 radical (unpaired) electrons. The molecule has 3 nitrogen and oxygen atoms in total. The number of benzene rings is 2. The summed E-state index contributed by atoms with van der Waals surface area (Å²) >= 11 is 6.08. The van der Waals surface area contributed by atoms with E-state index >= 15 is 0 Å². The quantitative estimate of drug-likeness (QED) is 0.859. The number of ether oxygens (including phenoxy) is 1. The summed E-state index contributed by atoms with van der Waals surface area (Å²) in [4.78, 5) is 0. The van der Waals surface area contributed by atoms with E-state index in [1.54, 1.807) is 7.11 Å². The summed E-state index contributed by atoms with van der Waals surface area (Å²) in [6.45, 7) is 1.60. The molecule has 0 heterocycles. The Morgan fingerprint density at radius 2 is 1.60 bits per heavy atom. The average Bonchev–Trinajstić information content (AvgIpc) is 2.48. The number of rotatable bonds is 6. The van der Waals surface area contributed by atoms with Crippen molar-refractivity contribution in [3.05, 3.63) is 64.2 Å². The number of aliphatic hydroxyl groups excluding tert-OH is 1. The van der Waals surface area contributed by atoms with Crippen molar-refractivity contribution >= 4 is 11.6 Å². The van der Waals surface area contributed by atoms with Crippen molar-refractivity contribution in [2.75, 3.05) is 7.11 Å². The van der Waals surface area contributed by atoms with Crippen molar-refractivity contribution in [3.8, 4) is 5.75 Å². The Morgan fingerprint density at radius 1 is 1.00 bits per heavy atom. The van der Waals surface area contributed by atoms with Crippen LogP contribution < -0.4 is 10.1 Å². The van der Waals surface area contributed by atoms with Crippen molar-refractivity contribution in [1.29, 1.82) is 0 Å². The standard InChI is InChI=1S/C16H18ClNO2/c1-20-16-7-6-14(8-15(16)17)10-18-9-12-2-4-13(11-19)5-3-12/h2-8,18-19H,9-11H2,1H3. The molecule has 0 aliphatic rings. The van der Waals surface area contributed by atoms with E-state index in [-0.39, 0.29) is 6.61 Å². The third kappa shape index (κ3) is 3.97. The van der Waals surface area contributed by atoms with E-state index in [4.69, 9.17) is 21.4 Å². The van der Waals surface area contributed by atoms with Gasteiger partial charge in [-0.05, 0) is 28.8 Å². The van der Waals surface area contributed by atoms with Crippen molar-refractivity contribution in [2.24, 2.45) is 0 Å². The Bertz CT molecular complexity index is 555. The molecule has 0 unspecified atom stereocenters. The van der Waals surface area contributed by atoms with E-state index in [1.807, 2.05) is 42.5 Å². The third-order valence-electron chi connectivity index (χ3n) is 3.08. The van der Waals surface area contributed by atoms with Gasteiger partial charge in [-0.2, -0.15) is 0 Å². The summed E-state index contributed by atoms with van der Waals surface area (Å²) in [5.41, 5.74) is 3.22. The SMILES string of the molecule is COc1ccc(CNCc2ccc(CO)cc2)cc1Cl. The summed E-state index contributed by atoms with van der Waals surface area (Å²) in [7, 11) is 1.61. The molecule has 0 spiro atoms. The van der Waals surface area contributed by atoms with E-state index in [0.717, 1.165) is 24.2 Å². The van der Waals surface area contributed by atoms with Crippen LogP contribution in [-0.2, 0) is 19.7 Å². The molecule has 0 aromatic heterocycles. The first-order chi connectivity index (χ1) is 9.72. The molecule has 0 aliphatic heterocycles. The number of hydrogen-bond acceptors (Lipinski definition) is 3. The normalized spacial score (nSPS) is 10.6. The Kier molecular flexibility index (Phi) is 5.41. The minimum absolute atomic E-state index is 0.0814. The van der Waals surface area contributed by atoms with Crippen LogP contribution >= 0.6 is 11.6 Å². The molecular formula is C16H18ClNO2. The first-order valence-electron chi connectivity index (χ1n) is 6.44. The molecule has 2 rings (SSSR count). The number of halogens is 1. The summed E-state index contributed by atoms with van der Waals surface area (Å²) < 4.78 is 5.12. The lowest BCUT2D eigenvalue weighted by Crippen LogP contribution is -2.12. The van der Waals surface area contributed by atoms with Gasteiger partial charge in [0.2, 0.25) is 0 Å². The molecule has 0 atom stereocenters. The maximum Gasteiger partial charge on any atom is 0.137 e. The van der Waals surface area contributed by atoms with Gasteiger partial charge in [0.1, 0.15) is 5.75 Å². The summed E-state index contributed by atoms with van der Waals surface area (Å²) in [6.07, 6.45) is 0. The third-order valence-corrected chi connectivity index (χ3v) is 3.38. The van der Waals surface area contributed by atoms with Crippen LogP contribution in [0.4, 0.5) is 0 Å². The fraction of sp³-hybridized carbons (Fsp3) is 0.250. The predicted molar refractivity (Wildman–Crippen MR) is 80.9 cm³/mol. The molecule has 0 amide bonds. The zero-order chi connectivity index (χ0) is 14.4. The largest absolute Gasteiger partial charge is 0.495 e. The molecule has 0 aliphatic carbocycles. The van der Waals surface area contributed by atoms with E-state index in [0.29, 0.717) is 10.8 Å². The molecule has 4 heteroatoms. The second-order valence-corrected chi connectivity index (χ2v) is 4.95. The van der Waals surface area contributed by atoms with E-state index in [9.17, 15) is 0 Å². The van der Waals surface area contributed by atoms with Crippen molar-refractivity contribution in [2.45, 2.75) is 19.7 Å². The lowest BCUT2D eigenvalue weighted by molar-refractivity contribution is 0.282. The van der Waals surface area contributed by atoms with Crippen molar-refractivity contribution < 1.29 is 9.84 Å². The Labute approximate surface area is 124 Å². The maximum atomic E-state index is 8.98. The Hall–Kier alpha value is -1.55. The van der Waals surface area contributed by atoms with Crippen LogP contribution in [-0.4, -0.2) is 12.2 Å². The minimum Gasteiger partial charge on any atom is -0.495 e. The van der Waals surface area contributed by atoms with Gasteiger partial charge in [-0.25, -0.2) is 0 Å². The molecular weight excluding hydrogens is 274 g/mol. The van der Waals surface area contributed by atoms with Gasteiger partial charge in [0.15, 0.2) is 0 Å². The topological polar surface area (TPSA) is 41.5 Å². The second kappa shape index (κ2) is 7.29. The van der Waals surface area contributed by atoms with Gasteiger partial charge in [0.05, 0.1) is 18.7 Å². The number of methoxy groups -OCH3 is 1. The van der Waals surface area contributed by atoms with Crippen LogP contribution in [0.3, 0.4) is 0 Å². The molecule has 0 saturated carbocycles. The molecule has 0 bridgehead atoms. The van der Waals surface area contributed by atoms with Gasteiger partial charge in [-0.3, -0.25) is 0 Å². The Balaban J connectivity index is 1.87. The molecule has 0 fully saturated rings. The highest BCUT2D eigenvalue weighted by Gasteiger charge is 2.01. The van der Waals surface area contributed by atoms with Gasteiger partial charge < -0.3 is 15.2 Å². The predicted octanol–water partition coefficient (Wildman–Crippen LogP) is 3.13. The van der Waals surface area contributed by atoms with E-state index in [2.05, 4.69) is 5.32 Å². The molecule has 2 aromatic carbocycles. The van der Waals surface area contributed by atoms with Gasteiger partial charge in [0.25, 0.3) is 0 Å². The highest BCUT2D eigenvalue weighted by atomic mass is 35.5. The average molecular weight is 292 g/mol. The van der Waals surface area contributed by atoms with Gasteiger partial charge in [0, 0.05) is 13.1 Å². The van der Waals surface area contributed by atoms with Crippen molar-refractivity contribution in [3.63, 3.8) is 0 Å². The first-order valence-corrected chi connectivity index (χ1v) is 6.82. The fourth-order valence-corrected chi connectivity index (χ4v) is 2.21. The van der Waals surface area contributed by atoms with E-state index in [1.165, 1.54) is 5.56 Å². The first kappa shape index (κ1) is 14.9. The minimum atomic E-state index is 0.0814. The fourth-order valence-electron chi connectivity index (χ4n) is 1.93. The summed E-state index contributed by atoms with van der Waals surface area (Å²) in [5.74, 6) is 0.690. The zero-order valence-corrected chi connectivity index (χ0v) is 12.2. The Morgan fingerprint density at radius 3 is 2.20 bits per heavy atom. The van der Waals surface area contributed by atoms with Crippen molar-refractivity contribution in [1.82, 2.24) is 5.32 Å². The van der Waals surface area contributed by atoms with Crippen LogP contribution in [0.25, 0.3) is 0 Å². The highest BCUT2D eigenvalue weighted by molar-refractivity contribution is 6.32. The molecule has 0 saturated heterocycles. The maximum absolute atomic E-state index is 8.98. The summed E-state index contributed by atoms with van der Waals surface area (Å²) in [5, 5.41) is 13.0.